The van der Waals surface area contributed by atoms with E-state index in [1.165, 1.54) is 0 Å². The normalized spacial score (nSPS) is 13.6. The molecule has 0 spiro atoms. The molecule has 2 rings (SSSR count). The number of hydrogen-bond acceptors (Lipinski definition) is 5. The number of benzene rings is 1. The van der Waals surface area contributed by atoms with Crippen molar-refractivity contribution in [2.75, 3.05) is 11.3 Å². The number of rotatable bonds is 8. The van der Waals surface area contributed by atoms with Gasteiger partial charge >= 0.3 is 10.3 Å². The SMILES string of the molecule is CCc1csc([C@H](Cc2ccc(NS(=O)(=O)O)cc2)NCC(C)(C)C)n1. The summed E-state index contributed by atoms with van der Waals surface area (Å²) in [5, 5.41) is 6.77. The van der Waals surface area contributed by atoms with Gasteiger partial charge in [-0.2, -0.15) is 8.42 Å². The van der Waals surface area contributed by atoms with E-state index in [-0.39, 0.29) is 11.5 Å². The Morgan fingerprint density at radius 3 is 2.38 bits per heavy atom. The first kappa shape index (κ1) is 20.8. The lowest BCUT2D eigenvalue weighted by molar-refractivity contribution is 0.351. The van der Waals surface area contributed by atoms with Crippen LogP contribution < -0.4 is 10.0 Å². The minimum atomic E-state index is -4.25. The lowest BCUT2D eigenvalue weighted by Gasteiger charge is -2.24. The van der Waals surface area contributed by atoms with Crippen LogP contribution in [0.1, 0.15) is 50.0 Å². The van der Waals surface area contributed by atoms with Gasteiger partial charge in [0, 0.05) is 11.9 Å². The third-order valence-electron chi connectivity index (χ3n) is 3.75. The van der Waals surface area contributed by atoms with Crippen molar-refractivity contribution >= 4 is 27.3 Å². The highest BCUT2D eigenvalue weighted by Gasteiger charge is 2.19. The average molecular weight is 398 g/mol. The second kappa shape index (κ2) is 8.47. The van der Waals surface area contributed by atoms with Crippen molar-refractivity contribution in [2.24, 2.45) is 5.41 Å². The van der Waals surface area contributed by atoms with E-state index >= 15 is 0 Å². The Labute approximate surface area is 159 Å². The van der Waals surface area contributed by atoms with Gasteiger partial charge in [-0.3, -0.25) is 9.27 Å². The standard InChI is InChI=1S/C18H27N3O3S2/c1-5-14-11-25-17(20-14)16(19-12-18(2,3)4)10-13-6-8-15(9-7-13)21-26(22,23)24/h6-9,11,16,19,21H,5,10,12H2,1-4H3,(H,22,23,24)/t16-/m0/s1. The molecule has 0 aliphatic rings. The van der Waals surface area contributed by atoms with Crippen LogP contribution in [0.4, 0.5) is 5.69 Å². The van der Waals surface area contributed by atoms with Crippen LogP contribution in [0.15, 0.2) is 29.6 Å². The largest absolute Gasteiger partial charge is 0.357 e. The molecule has 144 valence electrons. The molecule has 2 aromatic rings. The van der Waals surface area contributed by atoms with Gasteiger partial charge in [0.2, 0.25) is 0 Å². The van der Waals surface area contributed by atoms with Crippen molar-refractivity contribution in [1.82, 2.24) is 10.3 Å². The summed E-state index contributed by atoms with van der Waals surface area (Å²) in [6.07, 6.45) is 1.66. The quantitative estimate of drug-likeness (QED) is 0.589. The Morgan fingerprint density at radius 1 is 1.23 bits per heavy atom. The van der Waals surface area contributed by atoms with E-state index in [0.29, 0.717) is 5.69 Å². The molecule has 0 bridgehead atoms. The maximum atomic E-state index is 10.9. The van der Waals surface area contributed by atoms with Gasteiger partial charge in [-0.05, 0) is 36.0 Å². The molecule has 6 nitrogen and oxygen atoms in total. The van der Waals surface area contributed by atoms with Crippen molar-refractivity contribution in [2.45, 2.75) is 46.6 Å². The van der Waals surface area contributed by atoms with Crippen molar-refractivity contribution in [3.8, 4) is 0 Å². The van der Waals surface area contributed by atoms with E-state index in [1.54, 1.807) is 23.5 Å². The molecule has 26 heavy (non-hydrogen) atoms. The van der Waals surface area contributed by atoms with Gasteiger partial charge in [0.25, 0.3) is 0 Å². The maximum absolute atomic E-state index is 10.9. The highest BCUT2D eigenvalue weighted by molar-refractivity contribution is 7.87. The summed E-state index contributed by atoms with van der Waals surface area (Å²) >= 11 is 1.66. The molecule has 1 atom stereocenters. The van der Waals surface area contributed by atoms with Gasteiger partial charge in [-0.15, -0.1) is 11.3 Å². The van der Waals surface area contributed by atoms with Crippen LogP contribution in [0.2, 0.25) is 0 Å². The molecule has 0 aliphatic carbocycles. The molecule has 0 saturated carbocycles. The molecule has 1 aromatic heterocycles. The number of aryl methyl sites for hydroxylation is 1. The van der Waals surface area contributed by atoms with Crippen LogP contribution in [-0.4, -0.2) is 24.5 Å². The summed E-state index contributed by atoms with van der Waals surface area (Å²) in [5.41, 5.74) is 2.65. The van der Waals surface area contributed by atoms with Crippen LogP contribution in [0.5, 0.6) is 0 Å². The fourth-order valence-electron chi connectivity index (χ4n) is 2.41. The molecule has 1 aromatic carbocycles. The minimum absolute atomic E-state index is 0.0971. The van der Waals surface area contributed by atoms with E-state index in [1.807, 2.05) is 12.1 Å². The first-order chi connectivity index (χ1) is 12.1. The van der Waals surface area contributed by atoms with E-state index in [9.17, 15) is 8.42 Å². The topological polar surface area (TPSA) is 91.3 Å². The van der Waals surface area contributed by atoms with E-state index < -0.39 is 10.3 Å². The van der Waals surface area contributed by atoms with Crippen molar-refractivity contribution < 1.29 is 13.0 Å². The summed E-state index contributed by atoms with van der Waals surface area (Å²) in [6, 6.07) is 7.09. The number of hydrogen-bond donors (Lipinski definition) is 3. The lowest BCUT2D eigenvalue weighted by atomic mass is 9.96. The van der Waals surface area contributed by atoms with Crippen LogP contribution in [0.3, 0.4) is 0 Å². The monoisotopic (exact) mass is 397 g/mol. The molecule has 0 saturated heterocycles. The molecular weight excluding hydrogens is 370 g/mol. The van der Waals surface area contributed by atoms with Gasteiger partial charge in [-0.1, -0.05) is 39.8 Å². The van der Waals surface area contributed by atoms with E-state index in [4.69, 9.17) is 9.54 Å². The zero-order valence-electron chi connectivity index (χ0n) is 15.6. The fourth-order valence-corrected chi connectivity index (χ4v) is 3.83. The number of aromatic nitrogens is 1. The molecule has 3 N–H and O–H groups in total. The van der Waals surface area contributed by atoms with Crippen LogP contribution in [0, 0.1) is 5.41 Å². The Morgan fingerprint density at radius 2 is 1.88 bits per heavy atom. The maximum Gasteiger partial charge on any atom is 0.357 e. The Balaban J connectivity index is 2.14. The van der Waals surface area contributed by atoms with Gasteiger partial charge in [0.1, 0.15) is 5.01 Å². The van der Waals surface area contributed by atoms with Crippen LogP contribution in [0.25, 0.3) is 0 Å². The van der Waals surface area contributed by atoms with E-state index in [2.05, 4.69) is 43.1 Å². The first-order valence-electron chi connectivity index (χ1n) is 8.57. The van der Waals surface area contributed by atoms with Gasteiger partial charge in [0.15, 0.2) is 0 Å². The summed E-state index contributed by atoms with van der Waals surface area (Å²) in [5.74, 6) is 0. The highest BCUT2D eigenvalue weighted by atomic mass is 32.2. The zero-order valence-corrected chi connectivity index (χ0v) is 17.2. The molecule has 0 amide bonds. The number of anilines is 1. The molecule has 0 radical (unpaired) electrons. The molecular formula is C18H27N3O3S2. The Bertz CT molecular complexity index is 809. The van der Waals surface area contributed by atoms with E-state index in [0.717, 1.165) is 35.7 Å². The lowest BCUT2D eigenvalue weighted by Crippen LogP contribution is -2.31. The number of nitrogens with zero attached hydrogens (tertiary/aromatic N) is 1. The van der Waals surface area contributed by atoms with Gasteiger partial charge in [-0.25, -0.2) is 4.98 Å². The third kappa shape index (κ3) is 7.03. The predicted molar refractivity (Wildman–Crippen MR) is 107 cm³/mol. The summed E-state index contributed by atoms with van der Waals surface area (Å²) in [6.45, 7) is 9.52. The second-order valence-corrected chi connectivity index (χ2v) is 9.55. The highest BCUT2D eigenvalue weighted by Crippen LogP contribution is 2.25. The van der Waals surface area contributed by atoms with Crippen molar-refractivity contribution in [1.29, 1.82) is 0 Å². The first-order valence-corrected chi connectivity index (χ1v) is 10.9. The smallest absolute Gasteiger partial charge is 0.307 e. The number of thiazole rings is 1. The van der Waals surface area contributed by atoms with Gasteiger partial charge in [0.05, 0.1) is 17.4 Å². The Hall–Kier alpha value is -1.48. The predicted octanol–water partition coefficient (Wildman–Crippen LogP) is 3.84. The third-order valence-corrected chi connectivity index (χ3v) is 5.25. The summed E-state index contributed by atoms with van der Waals surface area (Å²) in [4.78, 5) is 4.72. The zero-order chi connectivity index (χ0) is 19.4. The molecule has 8 heteroatoms. The molecule has 0 unspecified atom stereocenters. The molecule has 1 heterocycles. The Kier molecular flexibility index (Phi) is 6.79. The van der Waals surface area contributed by atoms with Crippen molar-refractivity contribution in [3.05, 3.63) is 45.9 Å². The second-order valence-electron chi connectivity index (χ2n) is 7.50. The van der Waals surface area contributed by atoms with Gasteiger partial charge < -0.3 is 5.32 Å². The molecule has 0 fully saturated rings. The summed E-state index contributed by atoms with van der Waals surface area (Å²) < 4.78 is 32.7. The van der Waals surface area contributed by atoms with Crippen molar-refractivity contribution in [3.63, 3.8) is 0 Å². The minimum Gasteiger partial charge on any atom is -0.307 e. The number of nitrogens with one attached hydrogen (secondary N) is 2. The average Bonchev–Trinajstić information content (AvgIpc) is 2.99. The van der Waals surface area contributed by atoms with Crippen LogP contribution >= 0.6 is 11.3 Å². The fraction of sp³-hybridized carbons (Fsp3) is 0.500. The molecule has 0 aliphatic heterocycles. The summed E-state index contributed by atoms with van der Waals surface area (Å²) in [7, 11) is -4.25. The van der Waals surface area contributed by atoms with Crippen LogP contribution in [-0.2, 0) is 23.1 Å².